The Hall–Kier alpha value is -1.39. The molecule has 33 heavy (non-hydrogen) atoms. The molecule has 0 aliphatic heterocycles. The molecule has 1 N–H and O–H groups in total. The third-order valence-corrected chi connectivity index (χ3v) is 8.44. The zero-order valence-electron chi connectivity index (χ0n) is 21.7. The lowest BCUT2D eigenvalue weighted by molar-refractivity contribution is 0.395. The van der Waals surface area contributed by atoms with Gasteiger partial charge in [0.2, 0.25) is 0 Å². The Morgan fingerprint density at radius 2 is 1.27 bits per heavy atom. The lowest BCUT2D eigenvalue weighted by Gasteiger charge is -2.32. The summed E-state index contributed by atoms with van der Waals surface area (Å²) in [6.07, 6.45) is 27.4. The highest BCUT2D eigenvalue weighted by molar-refractivity contribution is 7.87. The lowest BCUT2D eigenvalue weighted by atomic mass is 9.73. The molecule has 0 aromatic rings. The number of hydrogen-bond donors (Lipinski definition) is 1. The van der Waals surface area contributed by atoms with Crippen LogP contribution in [0.1, 0.15) is 99.3 Å². The van der Waals surface area contributed by atoms with Crippen LogP contribution >= 0.6 is 0 Å². The number of fused-ring (bicyclic) bond motifs is 1. The van der Waals surface area contributed by atoms with E-state index in [1.165, 1.54) is 44.9 Å². The largest absolute Gasteiger partial charge is 0.285 e. The maximum atomic E-state index is 12.1. The predicted octanol–water partition coefficient (Wildman–Crippen LogP) is 8.38. The highest BCUT2D eigenvalue weighted by Gasteiger charge is 2.35. The summed E-state index contributed by atoms with van der Waals surface area (Å²) in [5, 5.41) is 0. The van der Waals surface area contributed by atoms with Gasteiger partial charge in [-0.1, -0.05) is 128 Å². The maximum absolute atomic E-state index is 12.1. The molecule has 0 fully saturated rings. The molecule has 2 aliphatic carbocycles. The molecule has 0 saturated carbocycles. The molecule has 0 radical (unpaired) electrons. The summed E-state index contributed by atoms with van der Waals surface area (Å²) >= 11 is 0. The van der Waals surface area contributed by atoms with E-state index in [4.69, 9.17) is 0 Å². The van der Waals surface area contributed by atoms with Crippen LogP contribution in [-0.2, 0) is 10.1 Å². The molecule has 0 bridgehead atoms. The van der Waals surface area contributed by atoms with Crippen molar-refractivity contribution in [3.8, 4) is 0 Å². The molecule has 0 spiro atoms. The fraction of sp³-hybridized carbons (Fsp3) is 0.655. The first-order valence-corrected chi connectivity index (χ1v) is 14.3. The van der Waals surface area contributed by atoms with Gasteiger partial charge in [-0.05, 0) is 36.8 Å². The van der Waals surface area contributed by atoms with Crippen molar-refractivity contribution in [1.82, 2.24) is 0 Å². The van der Waals surface area contributed by atoms with Crippen LogP contribution in [-0.4, -0.2) is 17.7 Å². The first kappa shape index (κ1) is 27.9. The van der Waals surface area contributed by atoms with E-state index in [2.05, 4.69) is 58.9 Å². The highest BCUT2D eigenvalue weighted by Crippen LogP contribution is 2.41. The minimum Gasteiger partial charge on any atom is -0.285 e. The summed E-state index contributed by atoms with van der Waals surface area (Å²) < 4.78 is 32.6. The molecule has 2 rings (SSSR count). The average molecular weight is 475 g/mol. The van der Waals surface area contributed by atoms with Crippen molar-refractivity contribution < 1.29 is 13.0 Å². The molecule has 4 heteroatoms. The third-order valence-electron chi connectivity index (χ3n) is 7.06. The number of unbranched alkanes of at least 4 members (excludes halogenated alkanes) is 6. The van der Waals surface area contributed by atoms with Gasteiger partial charge in [-0.3, -0.25) is 4.55 Å². The normalized spacial score (nSPS) is 33.9. The molecule has 3 unspecified atom stereocenters. The highest BCUT2D eigenvalue weighted by atomic mass is 32.2. The summed E-state index contributed by atoms with van der Waals surface area (Å²) in [5.41, 5.74) is 1.83. The van der Waals surface area contributed by atoms with Crippen LogP contribution in [0.3, 0.4) is 0 Å². The standard InChI is InChI=1S/C29H46O3S/c1-7-8-9-10-11-12-13-16-27(4)19-20-28(5,21-24(2)3)23-26-15-18-29(6,33(30,31)32)17-14-25(26)22-27/h14-15,17-20,22-24H,7-13,16,21H2,1-6H3,(H,30,31,32)/b20-19-,25-22-,26-23-. The van der Waals surface area contributed by atoms with E-state index in [1.54, 1.807) is 19.1 Å². The Balaban J connectivity index is 2.38. The van der Waals surface area contributed by atoms with Crippen LogP contribution in [0, 0.1) is 16.7 Å². The van der Waals surface area contributed by atoms with Gasteiger partial charge in [0, 0.05) is 10.8 Å². The monoisotopic (exact) mass is 474 g/mol. The minimum atomic E-state index is -4.26. The fourth-order valence-corrected chi connectivity index (χ4v) is 5.49. The lowest BCUT2D eigenvalue weighted by Crippen LogP contribution is -2.29. The van der Waals surface area contributed by atoms with Gasteiger partial charge in [-0.15, -0.1) is 0 Å². The number of allylic oxidation sites excluding steroid dienone is 8. The quantitative estimate of drug-likeness (QED) is 0.186. The second-order valence-electron chi connectivity index (χ2n) is 11.3. The van der Waals surface area contributed by atoms with Crippen molar-refractivity contribution >= 4 is 10.1 Å². The molecule has 186 valence electrons. The second-order valence-corrected chi connectivity index (χ2v) is 13.2. The Morgan fingerprint density at radius 3 is 1.79 bits per heavy atom. The molecule has 2 aliphatic rings. The molecule has 3 nitrogen and oxygen atoms in total. The molecule has 0 aromatic heterocycles. The van der Waals surface area contributed by atoms with Crippen molar-refractivity contribution in [3.63, 3.8) is 0 Å². The second kappa shape index (κ2) is 11.4. The molecule has 0 amide bonds. The van der Waals surface area contributed by atoms with Crippen LogP contribution in [0.15, 0.2) is 59.8 Å². The summed E-state index contributed by atoms with van der Waals surface area (Å²) in [6, 6.07) is 0. The average Bonchev–Trinajstić information content (AvgIpc) is 2.85. The van der Waals surface area contributed by atoms with Crippen LogP contribution in [0.4, 0.5) is 0 Å². The van der Waals surface area contributed by atoms with E-state index < -0.39 is 14.9 Å². The number of rotatable bonds is 11. The molecule has 3 atom stereocenters. The van der Waals surface area contributed by atoms with Gasteiger partial charge in [0.15, 0.2) is 0 Å². The zero-order chi connectivity index (χ0) is 24.8. The van der Waals surface area contributed by atoms with Gasteiger partial charge < -0.3 is 0 Å². The molecule has 0 aromatic carbocycles. The van der Waals surface area contributed by atoms with Gasteiger partial charge in [0.25, 0.3) is 10.1 Å². The van der Waals surface area contributed by atoms with E-state index in [0.29, 0.717) is 5.92 Å². The van der Waals surface area contributed by atoms with E-state index in [9.17, 15) is 13.0 Å². The van der Waals surface area contributed by atoms with Crippen molar-refractivity contribution in [3.05, 3.63) is 59.8 Å². The van der Waals surface area contributed by atoms with Crippen LogP contribution in [0.2, 0.25) is 0 Å². The summed E-state index contributed by atoms with van der Waals surface area (Å²) in [6.45, 7) is 12.8. The molecule has 0 heterocycles. The fourth-order valence-electron chi connectivity index (χ4n) is 5.01. The zero-order valence-corrected chi connectivity index (χ0v) is 22.5. The van der Waals surface area contributed by atoms with Crippen molar-refractivity contribution in [1.29, 1.82) is 0 Å². The Morgan fingerprint density at radius 1 is 0.788 bits per heavy atom. The van der Waals surface area contributed by atoms with Crippen LogP contribution in [0.5, 0.6) is 0 Å². The van der Waals surface area contributed by atoms with Crippen LogP contribution < -0.4 is 0 Å². The van der Waals surface area contributed by atoms with Gasteiger partial charge in [0.05, 0.1) is 0 Å². The Bertz CT molecular complexity index is 919. The van der Waals surface area contributed by atoms with Crippen molar-refractivity contribution in [2.45, 2.75) is 104 Å². The molecular weight excluding hydrogens is 428 g/mol. The number of hydrogen-bond acceptors (Lipinski definition) is 2. The minimum absolute atomic E-state index is 0.104. The van der Waals surface area contributed by atoms with E-state index in [0.717, 1.165) is 24.0 Å². The SMILES string of the molecule is CCCCCCCCCC1(C)/C=C\C(C)(CC(C)C)/C=C2/C=CC(C)(S(=O)(=O)O)C=C/C2=C/1. The molecular formula is C29H46O3S. The van der Waals surface area contributed by atoms with Crippen molar-refractivity contribution in [2.75, 3.05) is 0 Å². The van der Waals surface area contributed by atoms with Gasteiger partial charge in [0.1, 0.15) is 4.75 Å². The Kier molecular flexibility index (Phi) is 9.59. The summed E-state index contributed by atoms with van der Waals surface area (Å²) in [5.74, 6) is 0.533. The smallest absolute Gasteiger partial charge is 0.277 e. The van der Waals surface area contributed by atoms with E-state index in [-0.39, 0.29) is 10.8 Å². The first-order valence-electron chi connectivity index (χ1n) is 12.8. The van der Waals surface area contributed by atoms with E-state index >= 15 is 0 Å². The van der Waals surface area contributed by atoms with Gasteiger partial charge >= 0.3 is 0 Å². The Labute approximate surface area is 203 Å². The predicted molar refractivity (Wildman–Crippen MR) is 142 cm³/mol. The summed E-state index contributed by atoms with van der Waals surface area (Å²) in [4.78, 5) is 0. The summed E-state index contributed by atoms with van der Waals surface area (Å²) in [7, 11) is -4.26. The van der Waals surface area contributed by atoms with E-state index in [1.807, 2.05) is 12.2 Å². The maximum Gasteiger partial charge on any atom is 0.277 e. The van der Waals surface area contributed by atoms with Gasteiger partial charge in [-0.2, -0.15) is 8.42 Å². The third kappa shape index (κ3) is 8.10. The topological polar surface area (TPSA) is 54.4 Å². The van der Waals surface area contributed by atoms with Crippen molar-refractivity contribution in [2.24, 2.45) is 16.7 Å². The first-order chi connectivity index (χ1) is 15.3. The van der Waals surface area contributed by atoms with Gasteiger partial charge in [-0.25, -0.2) is 0 Å². The molecule has 0 saturated heterocycles. The van der Waals surface area contributed by atoms with Crippen LogP contribution in [0.25, 0.3) is 0 Å².